The Labute approximate surface area is 243 Å². The van der Waals surface area contributed by atoms with Crippen molar-refractivity contribution in [3.05, 3.63) is 120 Å². The Balaban J connectivity index is 1.79. The molecule has 0 aliphatic carbocycles. The predicted octanol–water partition coefficient (Wildman–Crippen LogP) is 6.75. The SMILES string of the molecule is CCOP(=O)(CC)OCCC(OC(=O)CBr)c1ncn(C(c2ccccc2)(c2ccccc2)c2ccccc2)n1. The molecule has 0 fully saturated rings. The predicted molar refractivity (Wildman–Crippen MR) is 158 cm³/mol. The second-order valence-electron chi connectivity index (χ2n) is 8.93. The van der Waals surface area contributed by atoms with Gasteiger partial charge in [-0.2, -0.15) is 5.10 Å². The molecule has 0 N–H and O–H groups in total. The highest BCUT2D eigenvalue weighted by atomic mass is 79.9. The molecular weight excluding hydrogens is 593 g/mol. The van der Waals surface area contributed by atoms with E-state index >= 15 is 0 Å². The van der Waals surface area contributed by atoms with Gasteiger partial charge in [-0.15, -0.1) is 0 Å². The lowest BCUT2D eigenvalue weighted by molar-refractivity contribution is -0.147. The maximum absolute atomic E-state index is 12.8. The van der Waals surface area contributed by atoms with Crippen LogP contribution in [0.5, 0.6) is 0 Å². The molecule has 4 aromatic rings. The zero-order chi connectivity index (χ0) is 28.4. The number of benzene rings is 3. The van der Waals surface area contributed by atoms with E-state index in [2.05, 4.69) is 57.3 Å². The minimum atomic E-state index is -3.23. The summed E-state index contributed by atoms with van der Waals surface area (Å²) in [7, 11) is -3.23. The Morgan fingerprint density at radius 1 is 0.900 bits per heavy atom. The number of rotatable bonds is 14. The van der Waals surface area contributed by atoms with Crippen LogP contribution in [0.2, 0.25) is 0 Å². The first-order chi connectivity index (χ1) is 19.5. The summed E-state index contributed by atoms with van der Waals surface area (Å²) in [6.07, 6.45) is 1.29. The summed E-state index contributed by atoms with van der Waals surface area (Å²) >= 11 is 3.16. The molecule has 2 atom stereocenters. The largest absolute Gasteiger partial charge is 0.453 e. The highest BCUT2D eigenvalue weighted by Crippen LogP contribution is 2.48. The van der Waals surface area contributed by atoms with E-state index in [1.807, 2.05) is 59.3 Å². The number of hydrogen-bond acceptors (Lipinski definition) is 7. The molecule has 0 saturated heterocycles. The fourth-order valence-electron chi connectivity index (χ4n) is 4.67. The number of aromatic nitrogens is 3. The summed E-state index contributed by atoms with van der Waals surface area (Å²) in [6.45, 7) is 3.83. The van der Waals surface area contributed by atoms with Crippen LogP contribution >= 0.6 is 23.5 Å². The summed E-state index contributed by atoms with van der Waals surface area (Å²) in [5.74, 6) is -0.155. The Morgan fingerprint density at radius 2 is 1.43 bits per heavy atom. The van der Waals surface area contributed by atoms with E-state index in [1.54, 1.807) is 20.2 Å². The molecule has 3 aromatic carbocycles. The zero-order valence-corrected chi connectivity index (χ0v) is 25.0. The van der Waals surface area contributed by atoms with Gasteiger partial charge in [0.25, 0.3) is 0 Å². The first-order valence-electron chi connectivity index (χ1n) is 13.2. The average molecular weight is 626 g/mol. The fourth-order valence-corrected chi connectivity index (χ4v) is 6.01. The van der Waals surface area contributed by atoms with Gasteiger partial charge in [-0.25, -0.2) is 9.67 Å². The molecule has 0 amide bonds. The van der Waals surface area contributed by atoms with Crippen molar-refractivity contribution in [3.63, 3.8) is 0 Å². The van der Waals surface area contributed by atoms with Crippen molar-refractivity contribution in [2.75, 3.05) is 24.7 Å². The first-order valence-corrected chi connectivity index (χ1v) is 16.0. The number of carbonyl (C=O) groups is 1. The normalized spacial score (nSPS) is 13.9. The number of ether oxygens (including phenoxy) is 1. The van der Waals surface area contributed by atoms with Crippen molar-refractivity contribution in [1.82, 2.24) is 14.8 Å². The summed E-state index contributed by atoms with van der Waals surface area (Å²) in [4.78, 5) is 17.0. The Hall–Kier alpha value is -3.10. The third-order valence-corrected chi connectivity index (χ3v) is 8.94. The van der Waals surface area contributed by atoms with Crippen LogP contribution < -0.4 is 0 Å². The van der Waals surface area contributed by atoms with Crippen molar-refractivity contribution in [1.29, 1.82) is 0 Å². The molecule has 0 spiro atoms. The lowest BCUT2D eigenvalue weighted by atomic mass is 9.77. The molecule has 1 aromatic heterocycles. The van der Waals surface area contributed by atoms with Crippen LogP contribution in [0, 0.1) is 0 Å². The van der Waals surface area contributed by atoms with Crippen LogP contribution in [-0.4, -0.2) is 45.4 Å². The van der Waals surface area contributed by atoms with Crippen molar-refractivity contribution >= 4 is 29.5 Å². The summed E-state index contributed by atoms with van der Waals surface area (Å²) in [5, 5.41) is 4.94. The van der Waals surface area contributed by atoms with Gasteiger partial charge in [0.1, 0.15) is 17.2 Å². The molecular formula is C30H33BrN3O5P. The van der Waals surface area contributed by atoms with E-state index in [0.717, 1.165) is 16.7 Å². The van der Waals surface area contributed by atoms with Crippen LogP contribution in [0.15, 0.2) is 97.3 Å². The monoisotopic (exact) mass is 625 g/mol. The van der Waals surface area contributed by atoms with E-state index in [1.165, 1.54) is 0 Å². The lowest BCUT2D eigenvalue weighted by Crippen LogP contribution is -2.38. The third-order valence-electron chi connectivity index (χ3n) is 6.48. The summed E-state index contributed by atoms with van der Waals surface area (Å²) in [5.41, 5.74) is 2.10. The van der Waals surface area contributed by atoms with E-state index in [9.17, 15) is 9.36 Å². The molecule has 0 radical (unpaired) electrons. The molecule has 0 aliphatic heterocycles. The molecule has 0 aliphatic rings. The van der Waals surface area contributed by atoms with E-state index in [-0.39, 0.29) is 31.1 Å². The lowest BCUT2D eigenvalue weighted by Gasteiger charge is -2.36. The molecule has 1 heterocycles. The molecule has 0 bridgehead atoms. The van der Waals surface area contributed by atoms with Gasteiger partial charge >= 0.3 is 13.6 Å². The molecule has 210 valence electrons. The van der Waals surface area contributed by atoms with E-state index < -0.39 is 25.2 Å². The standard InChI is InChI=1S/C30H33BrN3O5P/c1-3-37-40(36,4-2)38-21-20-27(39-28(35)22-31)29-32-23-34(33-29)30(24-14-8-5-9-15-24,25-16-10-6-11-17-25)26-18-12-7-13-19-26/h5-19,23,27H,3-4,20-22H2,1-2H3. The molecule has 0 saturated carbocycles. The van der Waals surface area contributed by atoms with Gasteiger partial charge in [-0.1, -0.05) is 114 Å². The Kier molecular flexibility index (Phi) is 10.5. The van der Waals surface area contributed by atoms with Gasteiger partial charge in [0.15, 0.2) is 11.9 Å². The molecule has 10 heteroatoms. The van der Waals surface area contributed by atoms with Crippen LogP contribution in [0.25, 0.3) is 0 Å². The van der Waals surface area contributed by atoms with Crippen molar-refractivity contribution < 1.29 is 23.1 Å². The number of carbonyl (C=O) groups excluding carboxylic acids is 1. The highest BCUT2D eigenvalue weighted by Gasteiger charge is 2.40. The van der Waals surface area contributed by atoms with E-state index in [4.69, 9.17) is 18.9 Å². The fraction of sp³-hybridized carbons (Fsp3) is 0.300. The second-order valence-corrected chi connectivity index (χ2v) is 11.9. The third kappa shape index (κ3) is 6.61. The number of nitrogens with zero attached hydrogens (tertiary/aromatic N) is 3. The van der Waals surface area contributed by atoms with Gasteiger partial charge in [0.05, 0.1) is 13.2 Å². The Morgan fingerprint density at radius 3 is 1.88 bits per heavy atom. The van der Waals surface area contributed by atoms with Crippen LogP contribution in [0.4, 0.5) is 0 Å². The smallest absolute Gasteiger partial charge is 0.330 e. The molecule has 4 rings (SSSR count). The molecule has 8 nitrogen and oxygen atoms in total. The average Bonchev–Trinajstić information content (AvgIpc) is 3.49. The number of alkyl halides is 1. The number of hydrogen-bond donors (Lipinski definition) is 0. The quantitative estimate of drug-likeness (QED) is 0.0662. The number of esters is 1. The van der Waals surface area contributed by atoms with Gasteiger partial charge in [-0.3, -0.25) is 9.36 Å². The zero-order valence-electron chi connectivity index (χ0n) is 22.6. The van der Waals surface area contributed by atoms with Crippen LogP contribution in [0.1, 0.15) is 48.9 Å². The van der Waals surface area contributed by atoms with Crippen molar-refractivity contribution in [2.24, 2.45) is 0 Å². The highest BCUT2D eigenvalue weighted by molar-refractivity contribution is 9.09. The van der Waals surface area contributed by atoms with Gasteiger partial charge < -0.3 is 13.8 Å². The maximum atomic E-state index is 12.8. The van der Waals surface area contributed by atoms with Crippen molar-refractivity contribution in [3.8, 4) is 0 Å². The second kappa shape index (κ2) is 14.0. The van der Waals surface area contributed by atoms with Gasteiger partial charge in [0, 0.05) is 12.6 Å². The summed E-state index contributed by atoms with van der Waals surface area (Å²) in [6, 6.07) is 30.3. The number of halogens is 1. The minimum absolute atomic E-state index is 0.0133. The van der Waals surface area contributed by atoms with Crippen molar-refractivity contribution in [2.45, 2.75) is 31.9 Å². The Bertz CT molecular complexity index is 1310. The van der Waals surface area contributed by atoms with Gasteiger partial charge in [0.2, 0.25) is 0 Å². The minimum Gasteiger partial charge on any atom is -0.453 e. The summed E-state index contributed by atoms with van der Waals surface area (Å²) < 4.78 is 31.3. The van der Waals surface area contributed by atoms with Gasteiger partial charge in [-0.05, 0) is 23.6 Å². The first kappa shape index (κ1) is 29.9. The van der Waals surface area contributed by atoms with Crippen LogP contribution in [0.3, 0.4) is 0 Å². The topological polar surface area (TPSA) is 92.5 Å². The van der Waals surface area contributed by atoms with Crippen LogP contribution in [-0.2, 0) is 28.7 Å². The maximum Gasteiger partial charge on any atom is 0.330 e. The van der Waals surface area contributed by atoms with E-state index in [0.29, 0.717) is 5.82 Å². The molecule has 40 heavy (non-hydrogen) atoms. The molecule has 2 unspecified atom stereocenters.